The van der Waals surface area contributed by atoms with E-state index in [1.807, 2.05) is 26.0 Å². The molecule has 2 heterocycles. The van der Waals surface area contributed by atoms with E-state index in [-0.39, 0.29) is 18.3 Å². The van der Waals surface area contributed by atoms with Crippen LogP contribution in [0.2, 0.25) is 0 Å². The van der Waals surface area contributed by atoms with Crippen molar-refractivity contribution in [3.63, 3.8) is 0 Å². The first-order valence-electron chi connectivity index (χ1n) is 10.9. The van der Waals surface area contributed by atoms with Crippen LogP contribution in [-0.4, -0.2) is 18.5 Å². The van der Waals surface area contributed by atoms with Gasteiger partial charge in [-0.25, -0.2) is 4.79 Å². The molecule has 0 atom stereocenters. The van der Waals surface area contributed by atoms with Crippen molar-refractivity contribution in [2.45, 2.75) is 53.1 Å². The van der Waals surface area contributed by atoms with Crippen molar-refractivity contribution in [3.8, 4) is 5.75 Å². The van der Waals surface area contributed by atoms with Crippen LogP contribution in [0.4, 0.5) is 5.00 Å². The largest absolute Gasteiger partial charge is 0.486 e. The van der Waals surface area contributed by atoms with Crippen molar-refractivity contribution in [3.05, 3.63) is 69.0 Å². The van der Waals surface area contributed by atoms with Gasteiger partial charge in [0.05, 0.1) is 12.2 Å². The molecule has 0 unspecified atom stereocenters. The van der Waals surface area contributed by atoms with E-state index in [2.05, 4.69) is 11.4 Å². The average molecular weight is 454 g/mol. The fourth-order valence-corrected chi connectivity index (χ4v) is 5.26. The minimum atomic E-state index is -0.396. The average Bonchev–Trinajstić information content (AvgIpc) is 3.36. The topological polar surface area (TPSA) is 77.8 Å². The summed E-state index contributed by atoms with van der Waals surface area (Å²) in [6.45, 7) is 6.32. The molecular formula is C25H27NO5S. The third-order valence-corrected chi connectivity index (χ3v) is 6.55. The second-order valence-electron chi connectivity index (χ2n) is 7.97. The fraction of sp³-hybridized carbons (Fsp3) is 0.360. The van der Waals surface area contributed by atoms with Gasteiger partial charge in [0.2, 0.25) is 0 Å². The molecule has 0 aliphatic heterocycles. The maximum atomic E-state index is 12.8. The van der Waals surface area contributed by atoms with Gasteiger partial charge in [-0.2, -0.15) is 0 Å². The zero-order valence-corrected chi connectivity index (χ0v) is 19.4. The van der Waals surface area contributed by atoms with Gasteiger partial charge < -0.3 is 19.2 Å². The first kappa shape index (κ1) is 22.1. The van der Waals surface area contributed by atoms with Gasteiger partial charge in [-0.3, -0.25) is 4.79 Å². The first-order valence-corrected chi connectivity index (χ1v) is 11.7. The maximum absolute atomic E-state index is 12.8. The van der Waals surface area contributed by atoms with Crippen molar-refractivity contribution in [1.82, 2.24) is 0 Å². The second kappa shape index (κ2) is 9.61. The highest BCUT2D eigenvalue weighted by molar-refractivity contribution is 7.17. The number of amides is 1. The summed E-state index contributed by atoms with van der Waals surface area (Å²) >= 11 is 1.46. The van der Waals surface area contributed by atoms with Crippen LogP contribution in [0.5, 0.6) is 5.75 Å². The predicted octanol–water partition coefficient (Wildman–Crippen LogP) is 5.84. The third-order valence-electron chi connectivity index (χ3n) is 5.34. The number of nitrogens with one attached hydrogen (secondary N) is 1. The molecule has 6 nitrogen and oxygen atoms in total. The van der Waals surface area contributed by atoms with Crippen LogP contribution in [0.3, 0.4) is 0 Å². The van der Waals surface area contributed by atoms with Crippen molar-refractivity contribution in [1.29, 1.82) is 0 Å². The number of esters is 1. The smallest absolute Gasteiger partial charge is 0.341 e. The summed E-state index contributed by atoms with van der Waals surface area (Å²) in [5, 5.41) is 3.40. The van der Waals surface area contributed by atoms with E-state index >= 15 is 0 Å². The molecule has 0 bridgehead atoms. The third kappa shape index (κ3) is 4.88. The van der Waals surface area contributed by atoms with Gasteiger partial charge in [-0.15, -0.1) is 11.3 Å². The Morgan fingerprint density at radius 3 is 2.59 bits per heavy atom. The van der Waals surface area contributed by atoms with Crippen LogP contribution in [0, 0.1) is 13.8 Å². The normalized spacial score (nSPS) is 12.8. The zero-order chi connectivity index (χ0) is 22.7. The predicted molar refractivity (Wildman–Crippen MR) is 124 cm³/mol. The Bertz CT molecular complexity index is 1120. The summed E-state index contributed by atoms with van der Waals surface area (Å²) < 4.78 is 16.8. The number of ether oxygens (including phenoxy) is 2. The number of rotatable bonds is 7. The minimum absolute atomic E-state index is 0.171. The molecule has 2 aromatic heterocycles. The number of aryl methyl sites for hydroxylation is 3. The van der Waals surface area contributed by atoms with E-state index in [0.29, 0.717) is 22.9 Å². The number of thiophene rings is 1. The van der Waals surface area contributed by atoms with Gasteiger partial charge in [0, 0.05) is 4.88 Å². The first-order chi connectivity index (χ1) is 15.4. The molecule has 32 heavy (non-hydrogen) atoms. The Morgan fingerprint density at radius 1 is 1.09 bits per heavy atom. The number of benzene rings is 1. The quantitative estimate of drug-likeness (QED) is 0.455. The summed E-state index contributed by atoms with van der Waals surface area (Å²) in [5.41, 5.74) is 3.74. The number of carbonyl (C=O) groups excluding carboxylic acids is 2. The van der Waals surface area contributed by atoms with E-state index in [9.17, 15) is 9.59 Å². The molecule has 0 spiro atoms. The summed E-state index contributed by atoms with van der Waals surface area (Å²) in [5.74, 6) is 0.694. The Hall–Kier alpha value is -3.06. The molecule has 1 aromatic carbocycles. The number of hydrogen-bond acceptors (Lipinski definition) is 6. The number of hydrogen-bond donors (Lipinski definition) is 1. The molecular weight excluding hydrogens is 426 g/mol. The molecule has 1 aliphatic carbocycles. The SMILES string of the molecule is CCOC(=O)c1c(NC(=O)c2ccc(COc3cc(C)cc(C)c3)o2)sc2c1CCCC2. The lowest BCUT2D eigenvalue weighted by Gasteiger charge is -2.12. The van der Waals surface area contributed by atoms with E-state index in [1.54, 1.807) is 19.1 Å². The van der Waals surface area contributed by atoms with E-state index in [1.165, 1.54) is 11.3 Å². The fourth-order valence-electron chi connectivity index (χ4n) is 3.99. The summed E-state index contributed by atoms with van der Waals surface area (Å²) in [7, 11) is 0. The zero-order valence-electron chi connectivity index (χ0n) is 18.6. The van der Waals surface area contributed by atoms with Crippen LogP contribution in [0.15, 0.2) is 34.7 Å². The van der Waals surface area contributed by atoms with E-state index < -0.39 is 5.91 Å². The number of anilines is 1. The van der Waals surface area contributed by atoms with Gasteiger partial charge in [0.15, 0.2) is 5.76 Å². The highest BCUT2D eigenvalue weighted by Crippen LogP contribution is 2.38. The minimum Gasteiger partial charge on any atom is -0.486 e. The van der Waals surface area contributed by atoms with Crippen LogP contribution in [0.25, 0.3) is 0 Å². The van der Waals surface area contributed by atoms with Gasteiger partial charge in [0.1, 0.15) is 23.1 Å². The molecule has 4 rings (SSSR count). The van der Waals surface area contributed by atoms with Gasteiger partial charge in [-0.05, 0) is 87.4 Å². The van der Waals surface area contributed by atoms with Crippen LogP contribution in [0.1, 0.15) is 68.0 Å². The van der Waals surface area contributed by atoms with Crippen molar-refractivity contribution < 1.29 is 23.5 Å². The molecule has 1 aliphatic rings. The number of fused-ring (bicyclic) bond motifs is 1. The van der Waals surface area contributed by atoms with Crippen LogP contribution >= 0.6 is 11.3 Å². The Balaban J connectivity index is 1.47. The molecule has 1 N–H and O–H groups in total. The van der Waals surface area contributed by atoms with Crippen molar-refractivity contribution >= 4 is 28.2 Å². The number of carbonyl (C=O) groups is 2. The van der Waals surface area contributed by atoms with Crippen molar-refractivity contribution in [2.75, 3.05) is 11.9 Å². The second-order valence-corrected chi connectivity index (χ2v) is 9.07. The van der Waals surface area contributed by atoms with Gasteiger partial charge >= 0.3 is 5.97 Å². The lowest BCUT2D eigenvalue weighted by atomic mass is 9.95. The van der Waals surface area contributed by atoms with E-state index in [0.717, 1.165) is 53.0 Å². The van der Waals surface area contributed by atoms with Crippen molar-refractivity contribution in [2.24, 2.45) is 0 Å². The Kier molecular flexibility index (Phi) is 6.65. The van der Waals surface area contributed by atoms with Gasteiger partial charge in [0.25, 0.3) is 5.91 Å². The maximum Gasteiger partial charge on any atom is 0.341 e. The molecule has 168 valence electrons. The summed E-state index contributed by atoms with van der Waals surface area (Å²) in [6.07, 6.45) is 3.87. The molecule has 3 aromatic rings. The molecule has 1 amide bonds. The highest BCUT2D eigenvalue weighted by Gasteiger charge is 2.28. The molecule has 0 saturated carbocycles. The lowest BCUT2D eigenvalue weighted by molar-refractivity contribution is 0.0526. The highest BCUT2D eigenvalue weighted by atomic mass is 32.1. The van der Waals surface area contributed by atoms with Crippen LogP contribution in [-0.2, 0) is 24.2 Å². The molecule has 0 saturated heterocycles. The summed E-state index contributed by atoms with van der Waals surface area (Å²) in [6, 6.07) is 9.34. The van der Waals surface area contributed by atoms with Gasteiger partial charge in [-0.1, -0.05) is 6.07 Å². The monoisotopic (exact) mass is 453 g/mol. The Labute approximate surface area is 191 Å². The lowest BCUT2D eigenvalue weighted by Crippen LogP contribution is -2.15. The van der Waals surface area contributed by atoms with Crippen LogP contribution < -0.4 is 10.1 Å². The molecule has 7 heteroatoms. The molecule has 0 radical (unpaired) electrons. The standard InChI is InChI=1S/C25H27NO5S/c1-4-29-25(28)22-19-7-5-6-8-21(19)32-24(22)26-23(27)20-10-9-17(31-20)14-30-18-12-15(2)11-16(3)13-18/h9-13H,4-8,14H2,1-3H3,(H,26,27). The number of furan rings is 1. The van der Waals surface area contributed by atoms with E-state index in [4.69, 9.17) is 13.9 Å². The molecule has 0 fully saturated rings. The summed E-state index contributed by atoms with van der Waals surface area (Å²) in [4.78, 5) is 26.6. The Morgan fingerprint density at radius 2 is 1.84 bits per heavy atom.